The maximum absolute atomic E-state index is 12.3. The number of rotatable bonds is 2. The number of hydrogen-bond donors (Lipinski definition) is 2. The molecule has 17 heavy (non-hydrogen) atoms. The summed E-state index contributed by atoms with van der Waals surface area (Å²) in [4.78, 5) is 12.3. The zero-order valence-electron chi connectivity index (χ0n) is 11.2. The predicted molar refractivity (Wildman–Crippen MR) is 69.5 cm³/mol. The summed E-state index contributed by atoms with van der Waals surface area (Å²) in [5, 5.41) is 3.22. The van der Waals surface area contributed by atoms with Gasteiger partial charge in [-0.3, -0.25) is 4.79 Å². The van der Waals surface area contributed by atoms with E-state index in [-0.39, 0.29) is 5.91 Å². The summed E-state index contributed by atoms with van der Waals surface area (Å²) in [5.41, 5.74) is 5.62. The summed E-state index contributed by atoms with van der Waals surface area (Å²) in [6.07, 6.45) is 7.55. The number of carbonyl (C=O) groups excluding carboxylic acids is 1. The van der Waals surface area contributed by atoms with Crippen molar-refractivity contribution in [1.29, 1.82) is 0 Å². The number of nitrogens with two attached hydrogens (primary N) is 1. The Morgan fingerprint density at radius 1 is 1.18 bits per heavy atom. The Bertz CT molecular complexity index is 284. The smallest absolute Gasteiger partial charge is 0.240 e. The monoisotopic (exact) mass is 238 g/mol. The Balaban J connectivity index is 1.93. The van der Waals surface area contributed by atoms with Crippen molar-refractivity contribution < 1.29 is 4.79 Å². The van der Waals surface area contributed by atoms with Gasteiger partial charge in [0.2, 0.25) is 5.91 Å². The molecule has 3 nitrogen and oxygen atoms in total. The molecule has 3 heteroatoms. The van der Waals surface area contributed by atoms with E-state index in [0.717, 1.165) is 32.1 Å². The first-order valence-electron chi connectivity index (χ1n) is 7.13. The van der Waals surface area contributed by atoms with E-state index in [2.05, 4.69) is 19.2 Å². The van der Waals surface area contributed by atoms with Gasteiger partial charge < -0.3 is 11.1 Å². The zero-order valence-corrected chi connectivity index (χ0v) is 11.2. The number of hydrogen-bond acceptors (Lipinski definition) is 2. The van der Waals surface area contributed by atoms with Crippen molar-refractivity contribution in [1.82, 2.24) is 5.32 Å². The van der Waals surface area contributed by atoms with Gasteiger partial charge >= 0.3 is 0 Å². The first-order valence-corrected chi connectivity index (χ1v) is 7.13. The molecule has 0 radical (unpaired) electrons. The maximum Gasteiger partial charge on any atom is 0.240 e. The summed E-state index contributed by atoms with van der Waals surface area (Å²) >= 11 is 0. The lowest BCUT2D eigenvalue weighted by Crippen LogP contribution is -2.56. The van der Waals surface area contributed by atoms with E-state index in [0.29, 0.717) is 17.9 Å². The Hall–Kier alpha value is -0.570. The third-order valence-corrected chi connectivity index (χ3v) is 4.97. The average Bonchev–Trinajstić information content (AvgIpc) is 2.73. The molecular formula is C14H26N2O. The molecule has 3 unspecified atom stereocenters. The molecule has 0 aromatic heterocycles. The molecular weight excluding hydrogens is 212 g/mol. The van der Waals surface area contributed by atoms with Crippen LogP contribution >= 0.6 is 0 Å². The van der Waals surface area contributed by atoms with E-state index in [4.69, 9.17) is 5.73 Å². The summed E-state index contributed by atoms with van der Waals surface area (Å²) < 4.78 is 0. The Morgan fingerprint density at radius 2 is 1.82 bits per heavy atom. The fourth-order valence-corrected chi connectivity index (χ4v) is 3.33. The highest BCUT2D eigenvalue weighted by atomic mass is 16.2. The predicted octanol–water partition coefficient (Wildman–Crippen LogP) is 2.20. The van der Waals surface area contributed by atoms with Crippen LogP contribution in [0.3, 0.4) is 0 Å². The van der Waals surface area contributed by atoms with Gasteiger partial charge in [0.15, 0.2) is 0 Å². The zero-order chi connectivity index (χ0) is 12.5. The van der Waals surface area contributed by atoms with Crippen molar-refractivity contribution >= 4 is 5.91 Å². The van der Waals surface area contributed by atoms with Crippen LogP contribution in [-0.2, 0) is 4.79 Å². The highest BCUT2D eigenvalue weighted by molar-refractivity contribution is 5.86. The van der Waals surface area contributed by atoms with Gasteiger partial charge in [0, 0.05) is 6.04 Å². The van der Waals surface area contributed by atoms with Gasteiger partial charge in [-0.2, -0.15) is 0 Å². The third kappa shape index (κ3) is 2.65. The molecule has 0 saturated heterocycles. The number of amides is 1. The minimum atomic E-state index is -0.569. The quantitative estimate of drug-likeness (QED) is 0.775. The molecule has 2 saturated carbocycles. The standard InChI is InChI=1S/C14H26N2O/c1-10-6-5-7-12(11(10)2)16-13(17)14(15)8-3-4-9-14/h10-12H,3-9,15H2,1-2H3,(H,16,17). The number of nitrogens with one attached hydrogen (secondary N) is 1. The summed E-state index contributed by atoms with van der Waals surface area (Å²) in [7, 11) is 0. The van der Waals surface area contributed by atoms with Crippen molar-refractivity contribution in [3.63, 3.8) is 0 Å². The summed E-state index contributed by atoms with van der Waals surface area (Å²) in [5.74, 6) is 1.39. The van der Waals surface area contributed by atoms with E-state index in [1.165, 1.54) is 12.8 Å². The molecule has 0 aromatic carbocycles. The van der Waals surface area contributed by atoms with Crippen LogP contribution in [0, 0.1) is 11.8 Å². The summed E-state index contributed by atoms with van der Waals surface area (Å²) in [6, 6.07) is 0.340. The van der Waals surface area contributed by atoms with Crippen LogP contribution in [0.2, 0.25) is 0 Å². The van der Waals surface area contributed by atoms with E-state index < -0.39 is 5.54 Å². The van der Waals surface area contributed by atoms with Crippen molar-refractivity contribution in [2.75, 3.05) is 0 Å². The molecule has 0 spiro atoms. The van der Waals surface area contributed by atoms with Crippen LogP contribution in [0.1, 0.15) is 58.8 Å². The minimum absolute atomic E-state index is 0.0981. The van der Waals surface area contributed by atoms with Crippen LogP contribution in [0.15, 0.2) is 0 Å². The van der Waals surface area contributed by atoms with Crippen molar-refractivity contribution in [2.45, 2.75) is 70.4 Å². The molecule has 3 N–H and O–H groups in total. The normalized spacial score (nSPS) is 36.8. The topological polar surface area (TPSA) is 55.1 Å². The molecule has 2 aliphatic carbocycles. The average molecular weight is 238 g/mol. The lowest BCUT2D eigenvalue weighted by Gasteiger charge is -2.36. The lowest BCUT2D eigenvalue weighted by atomic mass is 9.77. The Morgan fingerprint density at radius 3 is 2.47 bits per heavy atom. The van der Waals surface area contributed by atoms with Gasteiger partial charge in [-0.1, -0.05) is 39.5 Å². The molecule has 0 bridgehead atoms. The van der Waals surface area contributed by atoms with Crippen LogP contribution in [-0.4, -0.2) is 17.5 Å². The fourth-order valence-electron chi connectivity index (χ4n) is 3.33. The molecule has 0 aromatic rings. The third-order valence-electron chi connectivity index (χ3n) is 4.97. The highest BCUT2D eigenvalue weighted by Crippen LogP contribution is 2.31. The van der Waals surface area contributed by atoms with Gasteiger partial charge in [0.1, 0.15) is 0 Å². The minimum Gasteiger partial charge on any atom is -0.351 e. The maximum atomic E-state index is 12.3. The van der Waals surface area contributed by atoms with Gasteiger partial charge in [-0.05, 0) is 31.1 Å². The van der Waals surface area contributed by atoms with E-state index >= 15 is 0 Å². The lowest BCUT2D eigenvalue weighted by molar-refractivity contribution is -0.127. The van der Waals surface area contributed by atoms with E-state index in [1.807, 2.05) is 0 Å². The largest absolute Gasteiger partial charge is 0.351 e. The Labute approximate surface area is 105 Å². The SMILES string of the molecule is CC1CCCC(NC(=O)C2(N)CCCC2)C1C. The van der Waals surface area contributed by atoms with Crippen molar-refractivity contribution in [2.24, 2.45) is 17.6 Å². The first-order chi connectivity index (χ1) is 8.03. The van der Waals surface area contributed by atoms with Crippen LogP contribution in [0.4, 0.5) is 0 Å². The van der Waals surface area contributed by atoms with E-state index in [1.54, 1.807) is 0 Å². The first kappa shape index (κ1) is 12.9. The second-order valence-electron chi connectivity index (χ2n) is 6.21. The van der Waals surface area contributed by atoms with Crippen LogP contribution in [0.5, 0.6) is 0 Å². The molecule has 98 valence electrons. The molecule has 0 aliphatic heterocycles. The second kappa shape index (κ2) is 4.97. The second-order valence-corrected chi connectivity index (χ2v) is 6.21. The van der Waals surface area contributed by atoms with E-state index in [9.17, 15) is 4.79 Å². The molecule has 2 fully saturated rings. The van der Waals surface area contributed by atoms with Crippen LogP contribution < -0.4 is 11.1 Å². The Kier molecular flexibility index (Phi) is 3.76. The van der Waals surface area contributed by atoms with Gasteiger partial charge in [-0.15, -0.1) is 0 Å². The molecule has 2 rings (SSSR count). The van der Waals surface area contributed by atoms with Gasteiger partial charge in [-0.25, -0.2) is 0 Å². The van der Waals surface area contributed by atoms with Crippen molar-refractivity contribution in [3.05, 3.63) is 0 Å². The van der Waals surface area contributed by atoms with Gasteiger partial charge in [0.25, 0.3) is 0 Å². The highest BCUT2D eigenvalue weighted by Gasteiger charge is 2.39. The van der Waals surface area contributed by atoms with Crippen molar-refractivity contribution in [3.8, 4) is 0 Å². The molecule has 2 aliphatic rings. The van der Waals surface area contributed by atoms with Crippen LogP contribution in [0.25, 0.3) is 0 Å². The molecule has 0 heterocycles. The molecule has 3 atom stereocenters. The van der Waals surface area contributed by atoms with Gasteiger partial charge in [0.05, 0.1) is 5.54 Å². The fraction of sp³-hybridized carbons (Fsp3) is 0.929. The molecule has 1 amide bonds. The summed E-state index contributed by atoms with van der Waals surface area (Å²) in [6.45, 7) is 4.55. The number of carbonyl (C=O) groups is 1.